The van der Waals surface area contributed by atoms with Crippen LogP contribution in [0.2, 0.25) is 5.02 Å². The fraction of sp³-hybridized carbons (Fsp3) is 0.259. The number of aryl methyl sites for hydroxylation is 1. The summed E-state index contributed by atoms with van der Waals surface area (Å²) in [6, 6.07) is 15.0. The number of aromatic amines is 1. The van der Waals surface area contributed by atoms with E-state index in [9.17, 15) is 10.1 Å². The number of nitriles is 1. The lowest BCUT2D eigenvalue weighted by molar-refractivity contribution is 0.0994. The molecule has 0 radical (unpaired) electrons. The summed E-state index contributed by atoms with van der Waals surface area (Å²) in [5, 5.41) is 10.8. The molecule has 9 nitrogen and oxygen atoms in total. The Labute approximate surface area is 219 Å². The highest BCUT2D eigenvalue weighted by molar-refractivity contribution is 6.32. The molecule has 0 bridgehead atoms. The Hall–Kier alpha value is -4.13. The average Bonchev–Trinajstić information content (AvgIpc) is 3.32. The van der Waals surface area contributed by atoms with Gasteiger partial charge in [-0.2, -0.15) is 10.2 Å². The molecule has 5 rings (SSSR count). The average molecular weight is 516 g/mol. The SMILES string of the molecule is N#Cc1ccc2[nH]cc(CCCN3CCN(c4ccc(Oc5nccc(C(N)=O)n5)c(Cl)c4)CC3)c2c1. The number of aromatic nitrogens is 3. The normalized spacial score (nSPS) is 14.0. The Bertz CT molecular complexity index is 1470. The van der Waals surface area contributed by atoms with E-state index in [-0.39, 0.29) is 11.7 Å². The maximum Gasteiger partial charge on any atom is 0.322 e. The summed E-state index contributed by atoms with van der Waals surface area (Å²) in [5.41, 5.74) is 9.39. The van der Waals surface area contributed by atoms with Crippen molar-refractivity contribution < 1.29 is 9.53 Å². The zero-order valence-electron chi connectivity index (χ0n) is 20.2. The Kier molecular flexibility index (Phi) is 7.21. The second kappa shape index (κ2) is 10.9. The number of carbonyl (C=O) groups is 1. The molecule has 2 aromatic carbocycles. The van der Waals surface area contributed by atoms with E-state index in [1.165, 1.54) is 17.8 Å². The number of amides is 1. The minimum Gasteiger partial charge on any atom is -0.423 e. The number of primary amides is 1. The van der Waals surface area contributed by atoms with Gasteiger partial charge in [0.15, 0.2) is 0 Å². The van der Waals surface area contributed by atoms with Crippen molar-refractivity contribution in [2.45, 2.75) is 12.8 Å². The largest absolute Gasteiger partial charge is 0.423 e. The van der Waals surface area contributed by atoms with Crippen LogP contribution in [0.5, 0.6) is 11.8 Å². The van der Waals surface area contributed by atoms with E-state index in [2.05, 4.69) is 37.0 Å². The van der Waals surface area contributed by atoms with E-state index < -0.39 is 5.91 Å². The molecule has 3 heterocycles. The van der Waals surface area contributed by atoms with Gasteiger partial charge in [0, 0.05) is 55.2 Å². The van der Waals surface area contributed by atoms with Crippen molar-refractivity contribution in [2.24, 2.45) is 5.73 Å². The predicted octanol–water partition coefficient (Wildman–Crippen LogP) is 4.13. The van der Waals surface area contributed by atoms with Crippen LogP contribution in [0.3, 0.4) is 0 Å². The first-order valence-corrected chi connectivity index (χ1v) is 12.5. The van der Waals surface area contributed by atoms with Crippen molar-refractivity contribution in [2.75, 3.05) is 37.6 Å². The summed E-state index contributed by atoms with van der Waals surface area (Å²) in [6.45, 7) is 4.76. The number of rotatable bonds is 8. The number of nitrogens with two attached hydrogens (primary N) is 1. The first-order valence-electron chi connectivity index (χ1n) is 12.1. The highest BCUT2D eigenvalue weighted by Crippen LogP contribution is 2.32. The second-order valence-electron chi connectivity index (χ2n) is 8.92. The number of hydrogen-bond acceptors (Lipinski definition) is 7. The van der Waals surface area contributed by atoms with Crippen molar-refractivity contribution in [3.05, 3.63) is 76.7 Å². The third kappa shape index (κ3) is 5.66. The van der Waals surface area contributed by atoms with Gasteiger partial charge in [0.1, 0.15) is 11.4 Å². The maximum atomic E-state index is 11.3. The summed E-state index contributed by atoms with van der Waals surface area (Å²) in [5.74, 6) is -0.246. The summed E-state index contributed by atoms with van der Waals surface area (Å²) in [6.07, 6.45) is 5.50. The van der Waals surface area contributed by atoms with Crippen LogP contribution in [-0.4, -0.2) is 58.5 Å². The fourth-order valence-electron chi connectivity index (χ4n) is 4.57. The molecule has 1 aliphatic heterocycles. The van der Waals surface area contributed by atoms with Crippen LogP contribution in [0.4, 0.5) is 5.69 Å². The lowest BCUT2D eigenvalue weighted by Crippen LogP contribution is -2.46. The lowest BCUT2D eigenvalue weighted by atomic mass is 10.1. The van der Waals surface area contributed by atoms with Crippen LogP contribution in [0, 0.1) is 11.3 Å². The molecular weight excluding hydrogens is 490 g/mol. The number of halogens is 1. The van der Waals surface area contributed by atoms with E-state index in [4.69, 9.17) is 22.1 Å². The van der Waals surface area contributed by atoms with Gasteiger partial charge in [0.05, 0.1) is 16.7 Å². The molecular formula is C27H26ClN7O2. The molecule has 10 heteroatoms. The molecule has 0 spiro atoms. The standard InChI is InChI=1S/C27H26ClN7O2/c28-22-15-20(4-6-25(22)37-27-31-8-7-24(33-27)26(30)36)35-12-10-34(11-13-35)9-1-2-19-17-32-23-5-3-18(16-29)14-21(19)23/h3-8,14-15,17,32H,1-2,9-13H2,(H2,30,36). The summed E-state index contributed by atoms with van der Waals surface area (Å²) in [4.78, 5) is 27.4. The number of fused-ring (bicyclic) bond motifs is 1. The van der Waals surface area contributed by atoms with Gasteiger partial charge in [0.2, 0.25) is 0 Å². The van der Waals surface area contributed by atoms with E-state index >= 15 is 0 Å². The van der Waals surface area contributed by atoms with Crippen LogP contribution in [-0.2, 0) is 6.42 Å². The summed E-state index contributed by atoms with van der Waals surface area (Å²) in [7, 11) is 0. The van der Waals surface area contributed by atoms with Gasteiger partial charge in [-0.05, 0) is 67.4 Å². The fourth-order valence-corrected chi connectivity index (χ4v) is 4.79. The third-order valence-electron chi connectivity index (χ3n) is 6.56. The van der Waals surface area contributed by atoms with Gasteiger partial charge in [-0.3, -0.25) is 9.69 Å². The minimum atomic E-state index is -0.653. The third-order valence-corrected chi connectivity index (χ3v) is 6.85. The molecule has 4 aromatic rings. The molecule has 188 valence electrons. The number of H-pyrrole nitrogens is 1. The topological polar surface area (TPSA) is 124 Å². The molecule has 0 aliphatic carbocycles. The number of benzene rings is 2. The van der Waals surface area contributed by atoms with Gasteiger partial charge < -0.3 is 20.4 Å². The van der Waals surface area contributed by atoms with E-state index in [1.807, 2.05) is 30.3 Å². The smallest absolute Gasteiger partial charge is 0.322 e. The molecule has 0 saturated carbocycles. The Morgan fingerprint density at radius 2 is 2.00 bits per heavy atom. The van der Waals surface area contributed by atoms with Gasteiger partial charge in [-0.25, -0.2) is 4.98 Å². The quantitative estimate of drug-likeness (QED) is 0.361. The van der Waals surface area contributed by atoms with Crippen molar-refractivity contribution in [3.8, 4) is 17.8 Å². The van der Waals surface area contributed by atoms with Crippen LogP contribution in [0.1, 0.15) is 28.0 Å². The van der Waals surface area contributed by atoms with E-state index in [1.54, 1.807) is 6.07 Å². The summed E-state index contributed by atoms with van der Waals surface area (Å²) >= 11 is 6.48. The highest BCUT2D eigenvalue weighted by Gasteiger charge is 2.19. The van der Waals surface area contributed by atoms with Crippen molar-refractivity contribution in [3.63, 3.8) is 0 Å². The van der Waals surface area contributed by atoms with Gasteiger partial charge in [0.25, 0.3) is 5.91 Å². The number of nitrogens with zero attached hydrogens (tertiary/aromatic N) is 5. The molecule has 0 unspecified atom stereocenters. The number of ether oxygens (including phenoxy) is 1. The van der Waals surface area contributed by atoms with Crippen LogP contribution < -0.4 is 15.4 Å². The van der Waals surface area contributed by atoms with Crippen molar-refractivity contribution in [1.82, 2.24) is 19.9 Å². The first-order chi connectivity index (χ1) is 18.0. The van der Waals surface area contributed by atoms with Gasteiger partial charge >= 0.3 is 6.01 Å². The van der Waals surface area contributed by atoms with Gasteiger partial charge in [-0.1, -0.05) is 11.6 Å². The molecule has 37 heavy (non-hydrogen) atoms. The lowest BCUT2D eigenvalue weighted by Gasteiger charge is -2.36. The number of piperazine rings is 1. The van der Waals surface area contributed by atoms with Crippen LogP contribution in [0.15, 0.2) is 54.9 Å². The molecule has 1 aliphatic rings. The van der Waals surface area contributed by atoms with Crippen LogP contribution in [0.25, 0.3) is 10.9 Å². The van der Waals surface area contributed by atoms with Crippen molar-refractivity contribution >= 4 is 34.1 Å². The molecule has 2 aromatic heterocycles. The Balaban J connectivity index is 1.13. The van der Waals surface area contributed by atoms with Crippen molar-refractivity contribution in [1.29, 1.82) is 5.26 Å². The molecule has 1 amide bonds. The van der Waals surface area contributed by atoms with Gasteiger partial charge in [-0.15, -0.1) is 0 Å². The Morgan fingerprint density at radius 3 is 2.76 bits per heavy atom. The molecule has 0 atom stereocenters. The second-order valence-corrected chi connectivity index (χ2v) is 9.33. The first kappa shape index (κ1) is 24.6. The molecule has 1 saturated heterocycles. The minimum absolute atomic E-state index is 0.0118. The Morgan fingerprint density at radius 1 is 1.16 bits per heavy atom. The van der Waals surface area contributed by atoms with E-state index in [0.717, 1.165) is 62.2 Å². The molecule has 3 N–H and O–H groups in total. The maximum absolute atomic E-state index is 11.3. The monoisotopic (exact) mass is 515 g/mol. The number of anilines is 1. The zero-order valence-corrected chi connectivity index (χ0v) is 20.9. The van der Waals surface area contributed by atoms with Crippen LogP contribution >= 0.6 is 11.6 Å². The highest BCUT2D eigenvalue weighted by atomic mass is 35.5. The summed E-state index contributed by atoms with van der Waals surface area (Å²) < 4.78 is 5.67. The number of nitrogens with one attached hydrogen (secondary N) is 1. The number of hydrogen-bond donors (Lipinski definition) is 2. The number of carbonyl (C=O) groups excluding carboxylic acids is 1. The zero-order chi connectivity index (χ0) is 25.8. The van der Waals surface area contributed by atoms with E-state index in [0.29, 0.717) is 16.3 Å². The molecule has 1 fully saturated rings. The predicted molar refractivity (Wildman–Crippen MR) is 142 cm³/mol.